The Hall–Kier alpha value is -1.71. The van der Waals surface area contributed by atoms with E-state index in [1.54, 1.807) is 0 Å². The molecule has 0 unspecified atom stereocenters. The third-order valence-corrected chi connectivity index (χ3v) is 4.32. The van der Waals surface area contributed by atoms with Crippen LogP contribution in [-0.2, 0) is 5.41 Å². The van der Waals surface area contributed by atoms with E-state index < -0.39 is 11.5 Å². The zero-order chi connectivity index (χ0) is 16.0. The van der Waals surface area contributed by atoms with Crippen LogP contribution in [0, 0.1) is 0 Å². The first-order chi connectivity index (χ1) is 10.6. The fourth-order valence-corrected chi connectivity index (χ4v) is 3.06. The average Bonchev–Trinajstić information content (AvgIpc) is 2.57. The van der Waals surface area contributed by atoms with Crippen LogP contribution in [0.4, 0.5) is 0 Å². The van der Waals surface area contributed by atoms with E-state index in [2.05, 4.69) is 36.1 Å². The molecule has 2 aromatic rings. The summed E-state index contributed by atoms with van der Waals surface area (Å²) < 4.78 is 0. The van der Waals surface area contributed by atoms with Gasteiger partial charge < -0.3 is 10.0 Å². The summed E-state index contributed by atoms with van der Waals surface area (Å²) in [7, 11) is 4.12. The zero-order valence-corrected chi connectivity index (χ0v) is 13.7. The number of benzene rings is 1. The van der Waals surface area contributed by atoms with E-state index in [0.29, 0.717) is 6.42 Å². The standard InChI is InChI=1S/C19H26N2O/c1-4-18(22)19(13-15-21(2)3,16-10-6-5-7-11-16)17-12-8-9-14-20-17/h5-12,14,18,22H,4,13,15H2,1-3H3/t18-,19+/m1/s1. The highest BCUT2D eigenvalue weighted by Crippen LogP contribution is 2.39. The molecule has 0 radical (unpaired) electrons. The van der Waals surface area contributed by atoms with E-state index in [9.17, 15) is 5.11 Å². The number of nitrogens with zero attached hydrogens (tertiary/aromatic N) is 2. The lowest BCUT2D eigenvalue weighted by Gasteiger charge is -2.39. The number of hydrogen-bond acceptors (Lipinski definition) is 3. The number of aromatic nitrogens is 1. The quantitative estimate of drug-likeness (QED) is 0.853. The minimum atomic E-state index is -0.471. The zero-order valence-electron chi connectivity index (χ0n) is 13.7. The molecule has 3 nitrogen and oxygen atoms in total. The Balaban J connectivity index is 2.58. The molecule has 0 aliphatic heterocycles. The second-order valence-electron chi connectivity index (χ2n) is 6.03. The van der Waals surface area contributed by atoms with E-state index in [4.69, 9.17) is 0 Å². The molecule has 1 aromatic carbocycles. The molecule has 1 heterocycles. The maximum absolute atomic E-state index is 10.9. The Labute approximate surface area is 133 Å². The second kappa shape index (κ2) is 7.52. The van der Waals surface area contributed by atoms with Crippen molar-refractivity contribution in [3.8, 4) is 0 Å². The van der Waals surface area contributed by atoms with Crippen LogP contribution in [-0.4, -0.2) is 41.7 Å². The summed E-state index contributed by atoms with van der Waals surface area (Å²) in [5.41, 5.74) is 1.60. The maximum atomic E-state index is 10.9. The van der Waals surface area contributed by atoms with Crippen LogP contribution >= 0.6 is 0 Å². The monoisotopic (exact) mass is 298 g/mol. The first-order valence-electron chi connectivity index (χ1n) is 7.91. The fraction of sp³-hybridized carbons (Fsp3) is 0.421. The van der Waals surface area contributed by atoms with E-state index in [-0.39, 0.29) is 0 Å². The van der Waals surface area contributed by atoms with Crippen LogP contribution in [0.2, 0.25) is 0 Å². The van der Waals surface area contributed by atoms with Gasteiger partial charge in [0.05, 0.1) is 17.2 Å². The average molecular weight is 298 g/mol. The van der Waals surface area contributed by atoms with Gasteiger partial charge in [-0.3, -0.25) is 4.98 Å². The highest BCUT2D eigenvalue weighted by Gasteiger charge is 2.41. The van der Waals surface area contributed by atoms with Gasteiger partial charge in [0.15, 0.2) is 0 Å². The summed E-state index contributed by atoms with van der Waals surface area (Å²) >= 11 is 0. The normalized spacial score (nSPS) is 15.5. The van der Waals surface area contributed by atoms with Crippen LogP contribution in [0.3, 0.4) is 0 Å². The number of aliphatic hydroxyl groups excluding tert-OH is 1. The molecule has 118 valence electrons. The Morgan fingerprint density at radius 3 is 2.32 bits per heavy atom. The molecule has 0 saturated carbocycles. The van der Waals surface area contributed by atoms with Crippen LogP contribution < -0.4 is 0 Å². The van der Waals surface area contributed by atoms with Gasteiger partial charge in [-0.15, -0.1) is 0 Å². The largest absolute Gasteiger partial charge is 0.392 e. The molecular weight excluding hydrogens is 272 g/mol. The minimum absolute atomic E-state index is 0.468. The summed E-state index contributed by atoms with van der Waals surface area (Å²) in [6, 6.07) is 16.2. The van der Waals surface area contributed by atoms with Crippen molar-refractivity contribution in [2.45, 2.75) is 31.3 Å². The van der Waals surface area contributed by atoms with Gasteiger partial charge in [-0.2, -0.15) is 0 Å². The lowest BCUT2D eigenvalue weighted by atomic mass is 9.69. The lowest BCUT2D eigenvalue weighted by Crippen LogP contribution is -2.43. The minimum Gasteiger partial charge on any atom is -0.392 e. The van der Waals surface area contributed by atoms with Crippen LogP contribution in [0.15, 0.2) is 54.7 Å². The van der Waals surface area contributed by atoms with Crippen molar-refractivity contribution >= 4 is 0 Å². The predicted octanol–water partition coefficient (Wildman–Crippen LogP) is 3.09. The molecule has 1 aromatic heterocycles. The highest BCUT2D eigenvalue weighted by molar-refractivity contribution is 5.37. The highest BCUT2D eigenvalue weighted by atomic mass is 16.3. The molecule has 1 N–H and O–H groups in total. The van der Waals surface area contributed by atoms with Crippen molar-refractivity contribution in [2.24, 2.45) is 0 Å². The van der Waals surface area contributed by atoms with Gasteiger partial charge in [0.25, 0.3) is 0 Å². The molecule has 0 amide bonds. The topological polar surface area (TPSA) is 36.4 Å². The molecule has 0 aliphatic carbocycles. The van der Waals surface area contributed by atoms with Gasteiger partial charge in [0.2, 0.25) is 0 Å². The van der Waals surface area contributed by atoms with Crippen molar-refractivity contribution in [3.05, 3.63) is 66.0 Å². The molecular formula is C19H26N2O. The summed E-state index contributed by atoms with van der Waals surface area (Å²) in [5, 5.41) is 10.9. The van der Waals surface area contributed by atoms with Crippen LogP contribution in [0.1, 0.15) is 31.0 Å². The Bertz CT molecular complexity index is 515. The van der Waals surface area contributed by atoms with Gasteiger partial charge in [-0.05, 0) is 51.2 Å². The van der Waals surface area contributed by atoms with Gasteiger partial charge in [-0.1, -0.05) is 43.3 Å². The van der Waals surface area contributed by atoms with Crippen LogP contribution in [0.5, 0.6) is 0 Å². The molecule has 2 rings (SSSR count). The van der Waals surface area contributed by atoms with E-state index in [1.165, 1.54) is 0 Å². The number of pyridine rings is 1. The van der Waals surface area contributed by atoms with E-state index in [1.807, 2.05) is 49.5 Å². The third-order valence-electron chi connectivity index (χ3n) is 4.32. The van der Waals surface area contributed by atoms with Crippen LogP contribution in [0.25, 0.3) is 0 Å². The van der Waals surface area contributed by atoms with Crippen molar-refractivity contribution in [2.75, 3.05) is 20.6 Å². The molecule has 3 heteroatoms. The SMILES string of the molecule is CC[C@@H](O)[C@@](CCN(C)C)(c1ccccc1)c1ccccn1. The molecule has 0 saturated heterocycles. The van der Waals surface area contributed by atoms with Gasteiger partial charge >= 0.3 is 0 Å². The summed E-state index contributed by atoms with van der Waals surface area (Å²) in [6.45, 7) is 2.92. The summed E-state index contributed by atoms with van der Waals surface area (Å²) in [6.07, 6.45) is 2.87. The first kappa shape index (κ1) is 16.7. The predicted molar refractivity (Wildman–Crippen MR) is 90.9 cm³/mol. The molecule has 0 aliphatic rings. The lowest BCUT2D eigenvalue weighted by molar-refractivity contribution is 0.0853. The smallest absolute Gasteiger partial charge is 0.0690 e. The molecule has 0 bridgehead atoms. The number of rotatable bonds is 7. The molecule has 0 spiro atoms. The fourth-order valence-electron chi connectivity index (χ4n) is 3.06. The number of hydrogen-bond donors (Lipinski definition) is 1. The summed E-state index contributed by atoms with van der Waals surface area (Å²) in [4.78, 5) is 6.75. The first-order valence-corrected chi connectivity index (χ1v) is 7.91. The van der Waals surface area contributed by atoms with Crippen molar-refractivity contribution in [1.82, 2.24) is 9.88 Å². The second-order valence-corrected chi connectivity index (χ2v) is 6.03. The Kier molecular flexibility index (Phi) is 5.69. The molecule has 22 heavy (non-hydrogen) atoms. The van der Waals surface area contributed by atoms with Crippen molar-refractivity contribution in [1.29, 1.82) is 0 Å². The Morgan fingerprint density at radius 1 is 1.09 bits per heavy atom. The number of aliphatic hydroxyl groups is 1. The van der Waals surface area contributed by atoms with Gasteiger partial charge in [0, 0.05) is 6.20 Å². The maximum Gasteiger partial charge on any atom is 0.0690 e. The van der Waals surface area contributed by atoms with Crippen molar-refractivity contribution in [3.63, 3.8) is 0 Å². The molecule has 2 atom stereocenters. The van der Waals surface area contributed by atoms with Crippen molar-refractivity contribution < 1.29 is 5.11 Å². The Morgan fingerprint density at radius 2 is 1.77 bits per heavy atom. The third kappa shape index (κ3) is 3.37. The van der Waals surface area contributed by atoms with E-state index in [0.717, 1.165) is 24.2 Å². The molecule has 0 fully saturated rings. The van der Waals surface area contributed by atoms with Gasteiger partial charge in [0.1, 0.15) is 0 Å². The van der Waals surface area contributed by atoms with Gasteiger partial charge in [-0.25, -0.2) is 0 Å². The summed E-state index contributed by atoms with van der Waals surface area (Å²) in [5.74, 6) is 0. The van der Waals surface area contributed by atoms with E-state index >= 15 is 0 Å².